The van der Waals surface area contributed by atoms with E-state index < -0.39 is 10.0 Å². The van der Waals surface area contributed by atoms with Gasteiger partial charge in [-0.1, -0.05) is 17.7 Å². The Hall–Kier alpha value is -2.74. The first kappa shape index (κ1) is 17.7. The second-order valence-electron chi connectivity index (χ2n) is 5.89. The molecule has 1 aliphatic heterocycles. The third-order valence-corrected chi connectivity index (χ3v) is 6.76. The van der Waals surface area contributed by atoms with Crippen LogP contribution in [0.5, 0.6) is 0 Å². The summed E-state index contributed by atoms with van der Waals surface area (Å²) in [6, 6.07) is 6.48. The molecule has 3 heterocycles. The zero-order valence-electron chi connectivity index (χ0n) is 13.9. The molecule has 138 valence electrons. The SMILES string of the molecule is [C-]#[N+]c1ccc(N2CCN(S(=O)(=O)c3c(Cl)ccc4nonc34)CC2)nc1. The van der Waals surface area contributed by atoms with Crippen LogP contribution in [-0.4, -0.2) is 54.2 Å². The molecule has 0 atom stereocenters. The zero-order chi connectivity index (χ0) is 19.0. The Labute approximate surface area is 160 Å². The van der Waals surface area contributed by atoms with Crippen molar-refractivity contribution < 1.29 is 13.0 Å². The summed E-state index contributed by atoms with van der Waals surface area (Å²) in [5.74, 6) is 0.709. The number of rotatable bonds is 3. The van der Waals surface area contributed by atoms with Gasteiger partial charge in [-0.05, 0) is 28.5 Å². The highest BCUT2D eigenvalue weighted by Gasteiger charge is 2.33. The molecule has 0 spiro atoms. The number of sulfonamides is 1. The minimum absolute atomic E-state index is 0.0806. The molecule has 27 heavy (non-hydrogen) atoms. The van der Waals surface area contributed by atoms with Crippen molar-refractivity contribution in [1.29, 1.82) is 0 Å². The smallest absolute Gasteiger partial charge is 0.247 e. The monoisotopic (exact) mass is 404 g/mol. The summed E-state index contributed by atoms with van der Waals surface area (Å²) in [5, 5.41) is 7.46. The Balaban J connectivity index is 1.57. The van der Waals surface area contributed by atoms with Crippen LogP contribution in [0.2, 0.25) is 5.02 Å². The van der Waals surface area contributed by atoms with Gasteiger partial charge in [-0.25, -0.2) is 17.9 Å². The molecule has 1 fully saturated rings. The Bertz CT molecular complexity index is 1130. The fourth-order valence-electron chi connectivity index (χ4n) is 2.97. The lowest BCUT2D eigenvalue weighted by Gasteiger charge is -2.34. The van der Waals surface area contributed by atoms with Crippen LogP contribution in [0.25, 0.3) is 15.9 Å². The lowest BCUT2D eigenvalue weighted by Crippen LogP contribution is -2.49. The van der Waals surface area contributed by atoms with Crippen molar-refractivity contribution in [3.8, 4) is 0 Å². The summed E-state index contributed by atoms with van der Waals surface area (Å²) in [6.07, 6.45) is 1.50. The van der Waals surface area contributed by atoms with Crippen LogP contribution in [0.4, 0.5) is 11.5 Å². The van der Waals surface area contributed by atoms with Gasteiger partial charge in [-0.3, -0.25) is 4.98 Å². The molecule has 0 aliphatic carbocycles. The van der Waals surface area contributed by atoms with Gasteiger partial charge in [0.2, 0.25) is 15.7 Å². The molecule has 11 heteroatoms. The van der Waals surface area contributed by atoms with Gasteiger partial charge in [-0.2, -0.15) is 4.31 Å². The van der Waals surface area contributed by atoms with E-state index in [0.717, 1.165) is 0 Å². The summed E-state index contributed by atoms with van der Waals surface area (Å²) >= 11 is 6.16. The number of halogens is 1. The molecule has 0 N–H and O–H groups in total. The molecule has 9 nitrogen and oxygen atoms in total. The van der Waals surface area contributed by atoms with Gasteiger partial charge < -0.3 is 4.90 Å². The maximum atomic E-state index is 13.1. The highest BCUT2D eigenvalue weighted by Crippen LogP contribution is 2.31. The lowest BCUT2D eigenvalue weighted by molar-refractivity contribution is 0.315. The van der Waals surface area contributed by atoms with Crippen molar-refractivity contribution in [2.75, 3.05) is 31.1 Å². The Kier molecular flexibility index (Phi) is 4.43. The number of piperazine rings is 1. The molecule has 0 bridgehead atoms. The number of fused-ring (bicyclic) bond motifs is 1. The topological polar surface area (TPSA) is 96.8 Å². The fraction of sp³-hybridized carbons (Fsp3) is 0.250. The summed E-state index contributed by atoms with van der Waals surface area (Å²) in [5.41, 5.74) is 0.922. The van der Waals surface area contributed by atoms with E-state index in [2.05, 4.69) is 24.8 Å². The molecule has 4 rings (SSSR count). The van der Waals surface area contributed by atoms with Crippen LogP contribution >= 0.6 is 11.6 Å². The maximum absolute atomic E-state index is 13.1. The summed E-state index contributed by atoms with van der Waals surface area (Å²) in [6.45, 7) is 8.44. The summed E-state index contributed by atoms with van der Waals surface area (Å²) in [7, 11) is -3.85. The van der Waals surface area contributed by atoms with Crippen LogP contribution in [0, 0.1) is 6.57 Å². The molecule has 0 amide bonds. The van der Waals surface area contributed by atoms with Crippen molar-refractivity contribution in [3.05, 3.63) is 46.9 Å². The average Bonchev–Trinajstić information content (AvgIpc) is 3.16. The van der Waals surface area contributed by atoms with Gasteiger partial charge in [0.15, 0.2) is 5.52 Å². The van der Waals surface area contributed by atoms with E-state index in [-0.39, 0.29) is 28.5 Å². The van der Waals surface area contributed by atoms with Gasteiger partial charge >= 0.3 is 0 Å². The molecule has 1 saturated heterocycles. The third kappa shape index (κ3) is 3.10. The normalized spacial score (nSPS) is 15.8. The van der Waals surface area contributed by atoms with Crippen molar-refractivity contribution in [2.24, 2.45) is 0 Å². The largest absolute Gasteiger partial charge is 0.354 e. The van der Waals surface area contributed by atoms with Crippen LogP contribution in [0.3, 0.4) is 0 Å². The number of benzene rings is 1. The van der Waals surface area contributed by atoms with E-state index in [1.165, 1.54) is 16.6 Å². The van der Waals surface area contributed by atoms with E-state index in [0.29, 0.717) is 30.1 Å². The van der Waals surface area contributed by atoms with Crippen molar-refractivity contribution >= 4 is 44.2 Å². The highest BCUT2D eigenvalue weighted by atomic mass is 35.5. The van der Waals surface area contributed by atoms with Crippen LogP contribution in [-0.2, 0) is 10.0 Å². The lowest BCUT2D eigenvalue weighted by atomic mass is 10.3. The van der Waals surface area contributed by atoms with E-state index >= 15 is 0 Å². The second kappa shape index (κ2) is 6.77. The maximum Gasteiger partial charge on any atom is 0.247 e. The minimum Gasteiger partial charge on any atom is -0.354 e. The van der Waals surface area contributed by atoms with E-state index in [1.807, 2.05) is 4.90 Å². The van der Waals surface area contributed by atoms with E-state index in [4.69, 9.17) is 18.2 Å². The van der Waals surface area contributed by atoms with Crippen molar-refractivity contribution in [2.45, 2.75) is 4.90 Å². The van der Waals surface area contributed by atoms with Gasteiger partial charge in [0.25, 0.3) is 0 Å². The predicted molar refractivity (Wildman–Crippen MR) is 98.3 cm³/mol. The minimum atomic E-state index is -3.85. The number of pyridine rings is 1. The number of anilines is 1. The van der Waals surface area contributed by atoms with Crippen LogP contribution < -0.4 is 4.90 Å². The van der Waals surface area contributed by atoms with Gasteiger partial charge in [0, 0.05) is 32.4 Å². The highest BCUT2D eigenvalue weighted by molar-refractivity contribution is 7.89. The fourth-order valence-corrected chi connectivity index (χ4v) is 5.01. The van der Waals surface area contributed by atoms with Gasteiger partial charge in [-0.15, -0.1) is 0 Å². The van der Waals surface area contributed by atoms with Crippen LogP contribution in [0.1, 0.15) is 0 Å². The molecule has 1 aromatic carbocycles. The molecule has 0 unspecified atom stereocenters. The standard InChI is InChI=1S/C16H13ClN6O3S/c1-18-11-2-5-14(19-10-11)22-6-8-23(9-7-22)27(24,25)16-12(17)3-4-13-15(16)21-26-20-13/h2-5,10H,6-9H2. The summed E-state index contributed by atoms with van der Waals surface area (Å²) < 4.78 is 32.2. The van der Waals surface area contributed by atoms with E-state index in [9.17, 15) is 8.42 Å². The quantitative estimate of drug-likeness (QED) is 0.618. The summed E-state index contributed by atoms with van der Waals surface area (Å²) in [4.78, 5) is 9.46. The average molecular weight is 405 g/mol. The first-order chi connectivity index (χ1) is 13.0. The van der Waals surface area contributed by atoms with Gasteiger partial charge in [0.05, 0.1) is 11.6 Å². The first-order valence-electron chi connectivity index (χ1n) is 8.00. The first-order valence-corrected chi connectivity index (χ1v) is 9.82. The molecule has 3 aromatic rings. The molecular weight excluding hydrogens is 392 g/mol. The van der Waals surface area contributed by atoms with E-state index in [1.54, 1.807) is 18.2 Å². The van der Waals surface area contributed by atoms with Gasteiger partial charge in [0.1, 0.15) is 16.2 Å². The Morgan fingerprint density at radius 3 is 2.56 bits per heavy atom. The molecule has 1 aliphatic rings. The van der Waals surface area contributed by atoms with Crippen LogP contribution in [0.15, 0.2) is 40.0 Å². The number of aromatic nitrogens is 3. The number of hydrogen-bond acceptors (Lipinski definition) is 7. The Morgan fingerprint density at radius 1 is 1.11 bits per heavy atom. The Morgan fingerprint density at radius 2 is 1.89 bits per heavy atom. The molecule has 0 radical (unpaired) electrons. The molecule has 0 saturated carbocycles. The second-order valence-corrected chi connectivity index (χ2v) is 8.17. The number of nitrogens with zero attached hydrogens (tertiary/aromatic N) is 6. The number of hydrogen-bond donors (Lipinski definition) is 0. The third-order valence-electron chi connectivity index (χ3n) is 4.36. The van der Waals surface area contributed by atoms with Crippen molar-refractivity contribution in [1.82, 2.24) is 19.6 Å². The molecule has 2 aromatic heterocycles. The zero-order valence-corrected chi connectivity index (χ0v) is 15.5. The predicted octanol–water partition coefficient (Wildman–Crippen LogP) is 2.33. The van der Waals surface area contributed by atoms with Crippen molar-refractivity contribution in [3.63, 3.8) is 0 Å². The molecular formula is C16H13ClN6O3S.